The van der Waals surface area contributed by atoms with Gasteiger partial charge in [0.15, 0.2) is 0 Å². The number of likely N-dealkylation sites (tertiary alicyclic amines) is 1. The van der Waals surface area contributed by atoms with Gasteiger partial charge in [0.25, 0.3) is 0 Å². The van der Waals surface area contributed by atoms with E-state index in [4.69, 9.17) is 0 Å². The van der Waals surface area contributed by atoms with Crippen molar-refractivity contribution in [3.63, 3.8) is 0 Å². The lowest BCUT2D eigenvalue weighted by molar-refractivity contribution is 0.115. The number of nitrogens with zero attached hydrogens (tertiary/aromatic N) is 1. The van der Waals surface area contributed by atoms with E-state index in [2.05, 4.69) is 25.7 Å². The Hall–Kier alpha value is -0.0400. The molecule has 0 aromatic heterocycles. The molecule has 1 saturated heterocycles. The Balaban J connectivity index is 2.46. The van der Waals surface area contributed by atoms with Gasteiger partial charge in [-0.2, -0.15) is 0 Å². The fraction of sp³-hybridized carbons (Fsp3) is 1.00. The van der Waals surface area contributed by atoms with Gasteiger partial charge in [-0.25, -0.2) is 0 Å². The SMILES string of the molecule is CCCC(C)(C)N1CCCCCC1. The normalized spacial score (nSPS) is 21.5. The third kappa shape index (κ3) is 3.30. The Morgan fingerprint density at radius 2 is 1.54 bits per heavy atom. The van der Waals surface area contributed by atoms with Crippen molar-refractivity contribution in [1.82, 2.24) is 4.90 Å². The maximum Gasteiger partial charge on any atom is 0.0153 e. The highest BCUT2D eigenvalue weighted by Gasteiger charge is 2.25. The average molecular weight is 183 g/mol. The Kier molecular flexibility index (Phi) is 4.24. The molecular weight excluding hydrogens is 158 g/mol. The van der Waals surface area contributed by atoms with Gasteiger partial charge in [0.2, 0.25) is 0 Å². The summed E-state index contributed by atoms with van der Waals surface area (Å²) in [4.78, 5) is 2.70. The summed E-state index contributed by atoms with van der Waals surface area (Å²) in [6, 6.07) is 0. The summed E-state index contributed by atoms with van der Waals surface area (Å²) in [6.45, 7) is 9.75. The molecule has 0 aromatic rings. The number of hydrogen-bond donors (Lipinski definition) is 0. The molecule has 0 aliphatic carbocycles. The second-order valence-corrected chi connectivity index (χ2v) is 4.96. The molecule has 0 bridgehead atoms. The van der Waals surface area contributed by atoms with Crippen LogP contribution in [0.25, 0.3) is 0 Å². The number of hydrogen-bond acceptors (Lipinski definition) is 1. The summed E-state index contributed by atoms with van der Waals surface area (Å²) < 4.78 is 0. The van der Waals surface area contributed by atoms with Crippen LogP contribution >= 0.6 is 0 Å². The zero-order valence-electron chi connectivity index (χ0n) is 9.60. The first-order valence-electron chi connectivity index (χ1n) is 5.92. The van der Waals surface area contributed by atoms with Crippen LogP contribution in [0.1, 0.15) is 59.3 Å². The molecule has 0 unspecified atom stereocenters. The van der Waals surface area contributed by atoms with E-state index in [9.17, 15) is 0 Å². The third-order valence-electron chi connectivity index (χ3n) is 3.32. The minimum Gasteiger partial charge on any atom is -0.298 e. The molecule has 0 N–H and O–H groups in total. The minimum absolute atomic E-state index is 0.444. The summed E-state index contributed by atoms with van der Waals surface area (Å²) in [6.07, 6.45) is 8.36. The molecule has 0 radical (unpaired) electrons. The standard InChI is InChI=1S/C12H25N/c1-4-9-12(2,3)13-10-7-5-6-8-11-13/h4-11H2,1-3H3. The van der Waals surface area contributed by atoms with Gasteiger partial charge >= 0.3 is 0 Å². The van der Waals surface area contributed by atoms with E-state index in [1.165, 1.54) is 51.6 Å². The van der Waals surface area contributed by atoms with Gasteiger partial charge in [0, 0.05) is 5.54 Å². The number of rotatable bonds is 3. The molecule has 1 nitrogen and oxygen atoms in total. The van der Waals surface area contributed by atoms with Crippen molar-refractivity contribution in [2.75, 3.05) is 13.1 Å². The highest BCUT2D eigenvalue weighted by atomic mass is 15.2. The van der Waals surface area contributed by atoms with Crippen LogP contribution in [0.5, 0.6) is 0 Å². The first kappa shape index (κ1) is 11.0. The Bertz CT molecular complexity index is 132. The molecular formula is C12H25N. The summed E-state index contributed by atoms with van der Waals surface area (Å²) >= 11 is 0. The van der Waals surface area contributed by atoms with Crippen LogP contribution in [0.15, 0.2) is 0 Å². The van der Waals surface area contributed by atoms with Gasteiger partial charge in [0.1, 0.15) is 0 Å². The van der Waals surface area contributed by atoms with Crippen molar-refractivity contribution in [2.24, 2.45) is 0 Å². The van der Waals surface area contributed by atoms with Crippen molar-refractivity contribution in [3.8, 4) is 0 Å². The molecule has 78 valence electrons. The van der Waals surface area contributed by atoms with Crippen molar-refractivity contribution < 1.29 is 0 Å². The predicted molar refractivity (Wildman–Crippen MR) is 59.0 cm³/mol. The molecule has 1 aliphatic heterocycles. The zero-order valence-corrected chi connectivity index (χ0v) is 9.60. The quantitative estimate of drug-likeness (QED) is 0.648. The van der Waals surface area contributed by atoms with E-state index in [0.29, 0.717) is 5.54 Å². The van der Waals surface area contributed by atoms with E-state index in [1.54, 1.807) is 0 Å². The van der Waals surface area contributed by atoms with E-state index < -0.39 is 0 Å². The van der Waals surface area contributed by atoms with Crippen molar-refractivity contribution in [3.05, 3.63) is 0 Å². The Morgan fingerprint density at radius 1 is 1.00 bits per heavy atom. The average Bonchev–Trinajstić information content (AvgIpc) is 2.31. The van der Waals surface area contributed by atoms with Crippen LogP contribution in [0.2, 0.25) is 0 Å². The lowest BCUT2D eigenvalue weighted by Gasteiger charge is -2.38. The highest BCUT2D eigenvalue weighted by Crippen LogP contribution is 2.24. The molecule has 1 heterocycles. The molecule has 1 heteroatoms. The van der Waals surface area contributed by atoms with E-state index in [0.717, 1.165) is 0 Å². The lowest BCUT2D eigenvalue weighted by Crippen LogP contribution is -2.44. The summed E-state index contributed by atoms with van der Waals surface area (Å²) in [5.74, 6) is 0. The zero-order chi connectivity index (χ0) is 9.73. The molecule has 1 rings (SSSR count). The van der Waals surface area contributed by atoms with Crippen molar-refractivity contribution in [1.29, 1.82) is 0 Å². The first-order valence-corrected chi connectivity index (χ1v) is 5.92. The second kappa shape index (κ2) is 4.99. The molecule has 0 saturated carbocycles. The summed E-state index contributed by atoms with van der Waals surface area (Å²) in [5, 5.41) is 0. The fourth-order valence-corrected chi connectivity index (χ4v) is 2.45. The molecule has 1 aliphatic rings. The van der Waals surface area contributed by atoms with Crippen LogP contribution in [0, 0.1) is 0 Å². The predicted octanol–water partition coefficient (Wildman–Crippen LogP) is 3.44. The lowest BCUT2D eigenvalue weighted by atomic mass is 9.96. The fourth-order valence-electron chi connectivity index (χ4n) is 2.45. The second-order valence-electron chi connectivity index (χ2n) is 4.96. The van der Waals surface area contributed by atoms with Gasteiger partial charge in [-0.05, 0) is 46.2 Å². The minimum atomic E-state index is 0.444. The van der Waals surface area contributed by atoms with Gasteiger partial charge in [-0.1, -0.05) is 26.2 Å². The topological polar surface area (TPSA) is 3.24 Å². The summed E-state index contributed by atoms with van der Waals surface area (Å²) in [7, 11) is 0. The summed E-state index contributed by atoms with van der Waals surface area (Å²) in [5.41, 5.74) is 0.444. The smallest absolute Gasteiger partial charge is 0.0153 e. The molecule has 0 aromatic carbocycles. The van der Waals surface area contributed by atoms with Crippen molar-refractivity contribution in [2.45, 2.75) is 64.8 Å². The van der Waals surface area contributed by atoms with Crippen molar-refractivity contribution >= 4 is 0 Å². The molecule has 0 spiro atoms. The third-order valence-corrected chi connectivity index (χ3v) is 3.32. The van der Waals surface area contributed by atoms with Crippen LogP contribution in [0.4, 0.5) is 0 Å². The Morgan fingerprint density at radius 3 is 2.00 bits per heavy atom. The molecule has 13 heavy (non-hydrogen) atoms. The maximum atomic E-state index is 2.70. The van der Waals surface area contributed by atoms with Crippen LogP contribution in [0.3, 0.4) is 0 Å². The molecule has 0 amide bonds. The van der Waals surface area contributed by atoms with Crippen LogP contribution in [-0.2, 0) is 0 Å². The van der Waals surface area contributed by atoms with E-state index >= 15 is 0 Å². The van der Waals surface area contributed by atoms with Gasteiger partial charge < -0.3 is 0 Å². The maximum absolute atomic E-state index is 2.70. The van der Waals surface area contributed by atoms with Crippen LogP contribution in [-0.4, -0.2) is 23.5 Å². The van der Waals surface area contributed by atoms with Gasteiger partial charge in [-0.15, -0.1) is 0 Å². The molecule has 1 fully saturated rings. The molecule has 0 atom stereocenters. The van der Waals surface area contributed by atoms with E-state index in [1.807, 2.05) is 0 Å². The first-order chi connectivity index (χ1) is 6.17. The highest BCUT2D eigenvalue weighted by molar-refractivity contribution is 4.82. The largest absolute Gasteiger partial charge is 0.298 e. The van der Waals surface area contributed by atoms with E-state index in [-0.39, 0.29) is 0 Å². The monoisotopic (exact) mass is 183 g/mol. The Labute approximate surface area is 83.5 Å². The van der Waals surface area contributed by atoms with Crippen LogP contribution < -0.4 is 0 Å². The van der Waals surface area contributed by atoms with Gasteiger partial charge in [-0.3, -0.25) is 4.90 Å². The van der Waals surface area contributed by atoms with Gasteiger partial charge in [0.05, 0.1) is 0 Å².